The van der Waals surface area contributed by atoms with Gasteiger partial charge in [0.15, 0.2) is 5.96 Å². The third-order valence-corrected chi connectivity index (χ3v) is 5.24. The molecule has 0 saturated carbocycles. The molecular weight excluding hydrogens is 320 g/mol. The number of rotatable bonds is 7. The zero-order valence-electron chi connectivity index (χ0n) is 15.6. The minimum absolute atomic E-state index is 0.797. The lowest BCUT2D eigenvalue weighted by molar-refractivity contribution is 0.152. The van der Waals surface area contributed by atoms with Gasteiger partial charge in [0.1, 0.15) is 0 Å². The van der Waals surface area contributed by atoms with Crippen LogP contribution < -0.4 is 5.32 Å². The number of hydrogen-bond acceptors (Lipinski definition) is 5. The Balaban J connectivity index is 1.61. The number of hydrogen-bond donors (Lipinski definition) is 1. The number of aromatic nitrogens is 1. The number of thiazole rings is 1. The first-order chi connectivity index (χ1) is 11.6. The SMILES string of the molecule is CN=C(NCCCCN1CCN(C)CC1)N(C)Cc1csc(C)n1. The molecule has 2 heterocycles. The van der Waals surface area contributed by atoms with E-state index in [1.165, 1.54) is 45.6 Å². The van der Waals surface area contributed by atoms with Gasteiger partial charge in [-0.25, -0.2) is 4.98 Å². The van der Waals surface area contributed by atoms with E-state index in [0.717, 1.165) is 29.8 Å². The van der Waals surface area contributed by atoms with Crippen LogP contribution in [0.5, 0.6) is 0 Å². The molecule has 0 spiro atoms. The van der Waals surface area contributed by atoms with Gasteiger partial charge >= 0.3 is 0 Å². The summed E-state index contributed by atoms with van der Waals surface area (Å²) >= 11 is 1.70. The number of guanidine groups is 1. The van der Waals surface area contributed by atoms with E-state index in [4.69, 9.17) is 0 Å². The van der Waals surface area contributed by atoms with Crippen molar-refractivity contribution in [3.05, 3.63) is 16.1 Å². The molecule has 1 aliphatic rings. The van der Waals surface area contributed by atoms with E-state index in [2.05, 4.69) is 49.5 Å². The molecule has 136 valence electrons. The van der Waals surface area contributed by atoms with Crippen LogP contribution in [0.3, 0.4) is 0 Å². The maximum Gasteiger partial charge on any atom is 0.193 e. The lowest BCUT2D eigenvalue weighted by Gasteiger charge is -2.32. The minimum Gasteiger partial charge on any atom is -0.356 e. The monoisotopic (exact) mass is 352 g/mol. The summed E-state index contributed by atoms with van der Waals surface area (Å²) in [4.78, 5) is 16.0. The molecule has 1 aromatic heterocycles. The first-order valence-electron chi connectivity index (χ1n) is 8.82. The fraction of sp³-hybridized carbons (Fsp3) is 0.765. The molecule has 1 saturated heterocycles. The normalized spacial score (nSPS) is 17.2. The van der Waals surface area contributed by atoms with Gasteiger partial charge in [0, 0.05) is 52.2 Å². The Morgan fingerprint density at radius 2 is 2.08 bits per heavy atom. The van der Waals surface area contributed by atoms with Crippen molar-refractivity contribution in [2.24, 2.45) is 4.99 Å². The first kappa shape index (κ1) is 19.1. The highest BCUT2D eigenvalue weighted by atomic mass is 32.1. The van der Waals surface area contributed by atoms with Crippen molar-refractivity contribution in [2.45, 2.75) is 26.3 Å². The van der Waals surface area contributed by atoms with Crippen LogP contribution in [-0.2, 0) is 6.54 Å². The van der Waals surface area contributed by atoms with E-state index < -0.39 is 0 Å². The van der Waals surface area contributed by atoms with Gasteiger partial charge in [-0.3, -0.25) is 4.99 Å². The van der Waals surface area contributed by atoms with Crippen LogP contribution in [0.4, 0.5) is 0 Å². The molecule has 0 atom stereocenters. The second kappa shape index (κ2) is 9.96. The summed E-state index contributed by atoms with van der Waals surface area (Å²) in [5.74, 6) is 0.945. The van der Waals surface area contributed by atoms with Crippen LogP contribution in [0.25, 0.3) is 0 Å². The van der Waals surface area contributed by atoms with E-state index in [-0.39, 0.29) is 0 Å². The summed E-state index contributed by atoms with van der Waals surface area (Å²) in [6, 6.07) is 0. The van der Waals surface area contributed by atoms with Gasteiger partial charge in [-0.15, -0.1) is 11.3 Å². The van der Waals surface area contributed by atoms with Gasteiger partial charge in [0.25, 0.3) is 0 Å². The van der Waals surface area contributed by atoms with Crippen molar-refractivity contribution in [1.29, 1.82) is 0 Å². The van der Waals surface area contributed by atoms with E-state index in [0.29, 0.717) is 0 Å². The van der Waals surface area contributed by atoms with Crippen molar-refractivity contribution < 1.29 is 0 Å². The Morgan fingerprint density at radius 3 is 2.71 bits per heavy atom. The summed E-state index contributed by atoms with van der Waals surface area (Å²) < 4.78 is 0. The summed E-state index contributed by atoms with van der Waals surface area (Å²) in [5, 5.41) is 6.70. The van der Waals surface area contributed by atoms with Gasteiger partial charge in [-0.05, 0) is 33.4 Å². The number of likely N-dealkylation sites (N-methyl/N-ethyl adjacent to an activating group) is 1. The molecule has 1 aliphatic heterocycles. The first-order valence-corrected chi connectivity index (χ1v) is 9.70. The molecule has 0 aromatic carbocycles. The van der Waals surface area contributed by atoms with Gasteiger partial charge in [-0.2, -0.15) is 0 Å². The third kappa shape index (κ3) is 6.37. The second-order valence-electron chi connectivity index (χ2n) is 6.54. The Kier molecular flexibility index (Phi) is 7.94. The summed E-state index contributed by atoms with van der Waals surface area (Å²) in [6.45, 7) is 9.84. The minimum atomic E-state index is 0.797. The molecule has 0 aliphatic carbocycles. The Hall–Kier alpha value is -1.18. The van der Waals surface area contributed by atoms with Crippen molar-refractivity contribution in [1.82, 2.24) is 25.0 Å². The number of unbranched alkanes of at least 4 members (excludes halogenated alkanes) is 1. The van der Waals surface area contributed by atoms with Gasteiger partial charge in [0.05, 0.1) is 17.2 Å². The Labute approximate surface area is 150 Å². The fourth-order valence-corrected chi connectivity index (χ4v) is 3.52. The van der Waals surface area contributed by atoms with Crippen LogP contribution >= 0.6 is 11.3 Å². The molecular formula is C17H32N6S. The second-order valence-corrected chi connectivity index (χ2v) is 7.60. The van der Waals surface area contributed by atoms with Crippen LogP contribution in [0.2, 0.25) is 0 Å². The zero-order chi connectivity index (χ0) is 17.4. The lowest BCUT2D eigenvalue weighted by atomic mass is 10.2. The van der Waals surface area contributed by atoms with Crippen molar-refractivity contribution >= 4 is 17.3 Å². The Bertz CT molecular complexity index is 507. The van der Waals surface area contributed by atoms with E-state index in [9.17, 15) is 0 Å². The predicted octanol–water partition coefficient (Wildman–Crippen LogP) is 1.49. The van der Waals surface area contributed by atoms with Crippen LogP contribution in [0, 0.1) is 6.92 Å². The molecule has 7 heteroatoms. The predicted molar refractivity (Wildman–Crippen MR) is 103 cm³/mol. The van der Waals surface area contributed by atoms with Crippen molar-refractivity contribution in [2.75, 3.05) is 60.4 Å². The number of piperazine rings is 1. The third-order valence-electron chi connectivity index (χ3n) is 4.42. The van der Waals surface area contributed by atoms with Gasteiger partial charge in [0.2, 0.25) is 0 Å². The topological polar surface area (TPSA) is 47.0 Å². The summed E-state index contributed by atoms with van der Waals surface area (Å²) in [7, 11) is 6.11. The summed E-state index contributed by atoms with van der Waals surface area (Å²) in [5.41, 5.74) is 1.11. The van der Waals surface area contributed by atoms with Gasteiger partial charge < -0.3 is 20.0 Å². The van der Waals surface area contributed by atoms with Crippen molar-refractivity contribution in [3.8, 4) is 0 Å². The molecule has 0 bridgehead atoms. The highest BCUT2D eigenvalue weighted by Crippen LogP contribution is 2.09. The lowest BCUT2D eigenvalue weighted by Crippen LogP contribution is -2.44. The number of aryl methyl sites for hydroxylation is 1. The maximum absolute atomic E-state index is 4.52. The molecule has 0 radical (unpaired) electrons. The standard InChI is InChI=1S/C17H32N6S/c1-15-20-16(14-24-15)13-22(4)17(18-2)19-7-5-6-8-23-11-9-21(3)10-12-23/h14H,5-13H2,1-4H3,(H,18,19). The molecule has 1 fully saturated rings. The maximum atomic E-state index is 4.52. The summed E-state index contributed by atoms with van der Waals surface area (Å²) in [6.07, 6.45) is 2.41. The van der Waals surface area contributed by atoms with E-state index >= 15 is 0 Å². The van der Waals surface area contributed by atoms with E-state index in [1.807, 2.05) is 14.0 Å². The molecule has 0 unspecified atom stereocenters. The number of nitrogens with zero attached hydrogens (tertiary/aromatic N) is 5. The molecule has 1 N–H and O–H groups in total. The fourth-order valence-electron chi connectivity index (χ4n) is 2.92. The molecule has 2 rings (SSSR count). The number of aliphatic imine (C=N–C) groups is 1. The average molecular weight is 353 g/mol. The highest BCUT2D eigenvalue weighted by Gasteiger charge is 2.13. The largest absolute Gasteiger partial charge is 0.356 e. The van der Waals surface area contributed by atoms with Crippen LogP contribution in [0.15, 0.2) is 10.4 Å². The van der Waals surface area contributed by atoms with Crippen LogP contribution in [-0.4, -0.2) is 86.1 Å². The smallest absolute Gasteiger partial charge is 0.193 e. The van der Waals surface area contributed by atoms with Crippen LogP contribution in [0.1, 0.15) is 23.5 Å². The Morgan fingerprint density at radius 1 is 1.33 bits per heavy atom. The molecule has 1 aromatic rings. The average Bonchev–Trinajstić information content (AvgIpc) is 2.97. The van der Waals surface area contributed by atoms with E-state index in [1.54, 1.807) is 11.3 Å². The molecule has 0 amide bonds. The van der Waals surface area contributed by atoms with Gasteiger partial charge in [-0.1, -0.05) is 0 Å². The number of nitrogens with one attached hydrogen (secondary N) is 1. The van der Waals surface area contributed by atoms with Crippen molar-refractivity contribution in [3.63, 3.8) is 0 Å². The molecule has 24 heavy (non-hydrogen) atoms. The zero-order valence-corrected chi connectivity index (χ0v) is 16.4. The highest BCUT2D eigenvalue weighted by molar-refractivity contribution is 7.09. The quantitative estimate of drug-likeness (QED) is 0.458. The molecule has 6 nitrogen and oxygen atoms in total.